The van der Waals surface area contributed by atoms with E-state index in [-0.39, 0.29) is 36.3 Å². The fourth-order valence-electron chi connectivity index (χ4n) is 3.56. The third-order valence-electron chi connectivity index (χ3n) is 5.03. The van der Waals surface area contributed by atoms with Crippen LogP contribution in [0.4, 0.5) is 19.0 Å². The number of aromatic nitrogens is 2. The summed E-state index contributed by atoms with van der Waals surface area (Å²) in [6.45, 7) is 0.0136. The normalized spacial score (nSPS) is 13.4. The molecule has 0 bridgehead atoms. The molecule has 1 aliphatic heterocycles. The fraction of sp³-hybridized carbons (Fsp3) is 0.182. The van der Waals surface area contributed by atoms with Crippen molar-refractivity contribution in [2.24, 2.45) is 0 Å². The van der Waals surface area contributed by atoms with Crippen LogP contribution in [0.1, 0.15) is 39.3 Å². The minimum atomic E-state index is -4.69. The summed E-state index contributed by atoms with van der Waals surface area (Å²) >= 11 is 0. The fourth-order valence-corrected chi connectivity index (χ4v) is 3.56. The number of hydrogen-bond acceptors (Lipinski definition) is 4. The third-order valence-corrected chi connectivity index (χ3v) is 5.03. The van der Waals surface area contributed by atoms with E-state index in [2.05, 4.69) is 10.4 Å². The number of carbonyl (C=O) groups is 3. The predicted molar refractivity (Wildman–Crippen MR) is 109 cm³/mol. The first kappa shape index (κ1) is 21.3. The van der Waals surface area contributed by atoms with E-state index in [1.807, 2.05) is 5.10 Å². The summed E-state index contributed by atoms with van der Waals surface area (Å²) in [5.41, 5.74) is -0.456. The van der Waals surface area contributed by atoms with Gasteiger partial charge in [-0.15, -0.1) is 0 Å². The Morgan fingerprint density at radius 3 is 2.16 bits per heavy atom. The van der Waals surface area contributed by atoms with Gasteiger partial charge in [0.25, 0.3) is 11.8 Å². The summed E-state index contributed by atoms with van der Waals surface area (Å²) in [6.07, 6.45) is -4.66. The van der Waals surface area contributed by atoms with Crippen molar-refractivity contribution in [3.63, 3.8) is 0 Å². The monoisotopic (exact) mass is 442 g/mol. The standard InChI is InChI=1S/C22H17F3N4O3/c23-22(24,25)18-17(13-7-2-1-3-8-13)19(28-27-18)26-16(30)11-6-12-29-20(31)14-9-4-5-10-15(14)21(29)32/h1-5,7-10H,6,11-12H2,(H2,26,27,28,30). The largest absolute Gasteiger partial charge is 0.433 e. The molecule has 0 saturated carbocycles. The molecular formula is C22H17F3N4O3. The average Bonchev–Trinajstić information content (AvgIpc) is 3.29. The Morgan fingerprint density at radius 2 is 1.56 bits per heavy atom. The molecule has 1 aromatic heterocycles. The molecule has 0 atom stereocenters. The van der Waals surface area contributed by atoms with Gasteiger partial charge in [0.2, 0.25) is 5.91 Å². The lowest BCUT2D eigenvalue weighted by Gasteiger charge is -2.13. The zero-order valence-electron chi connectivity index (χ0n) is 16.6. The molecular weight excluding hydrogens is 425 g/mol. The number of fused-ring (bicyclic) bond motifs is 1. The Morgan fingerprint density at radius 1 is 0.969 bits per heavy atom. The third kappa shape index (κ3) is 3.98. The van der Waals surface area contributed by atoms with Gasteiger partial charge in [0.1, 0.15) is 5.69 Å². The van der Waals surface area contributed by atoms with Crippen LogP contribution in [0, 0.1) is 0 Å². The summed E-state index contributed by atoms with van der Waals surface area (Å²) in [5, 5.41) is 7.99. The summed E-state index contributed by atoms with van der Waals surface area (Å²) < 4.78 is 40.2. The minimum absolute atomic E-state index is 0.0136. The molecule has 2 aromatic carbocycles. The van der Waals surface area contributed by atoms with Crippen LogP contribution in [0.2, 0.25) is 0 Å². The number of nitrogens with zero attached hydrogens (tertiary/aromatic N) is 2. The van der Waals surface area contributed by atoms with Gasteiger partial charge in [-0.2, -0.15) is 18.3 Å². The van der Waals surface area contributed by atoms with Crippen LogP contribution in [0.15, 0.2) is 54.6 Å². The molecule has 0 unspecified atom stereocenters. The van der Waals surface area contributed by atoms with Crippen molar-refractivity contribution >= 4 is 23.5 Å². The lowest BCUT2D eigenvalue weighted by molar-refractivity contribution is -0.140. The van der Waals surface area contributed by atoms with Crippen LogP contribution >= 0.6 is 0 Å². The van der Waals surface area contributed by atoms with Crippen LogP contribution in [-0.4, -0.2) is 39.4 Å². The summed E-state index contributed by atoms with van der Waals surface area (Å²) in [6, 6.07) is 14.2. The number of imide groups is 1. The van der Waals surface area contributed by atoms with Gasteiger partial charge in [-0.25, -0.2) is 0 Å². The van der Waals surface area contributed by atoms with Gasteiger partial charge in [-0.05, 0) is 24.1 Å². The number of H-pyrrole nitrogens is 1. The number of halogens is 3. The topological polar surface area (TPSA) is 95.2 Å². The molecule has 0 fully saturated rings. The number of alkyl halides is 3. The van der Waals surface area contributed by atoms with Crippen LogP contribution < -0.4 is 5.32 Å². The van der Waals surface area contributed by atoms with Crippen LogP contribution in [0.5, 0.6) is 0 Å². The second-order valence-corrected chi connectivity index (χ2v) is 7.15. The Kier molecular flexibility index (Phi) is 5.52. The van der Waals surface area contributed by atoms with Crippen molar-refractivity contribution in [2.75, 3.05) is 11.9 Å². The van der Waals surface area contributed by atoms with Gasteiger partial charge >= 0.3 is 6.18 Å². The van der Waals surface area contributed by atoms with Crippen molar-refractivity contribution in [1.29, 1.82) is 0 Å². The van der Waals surface area contributed by atoms with E-state index in [1.54, 1.807) is 42.5 Å². The van der Waals surface area contributed by atoms with E-state index in [9.17, 15) is 27.6 Å². The summed E-state index contributed by atoms with van der Waals surface area (Å²) in [7, 11) is 0. The van der Waals surface area contributed by atoms with Gasteiger partial charge in [0.05, 0.1) is 16.7 Å². The predicted octanol–water partition coefficient (Wildman–Crippen LogP) is 4.11. The van der Waals surface area contributed by atoms with E-state index < -0.39 is 29.6 Å². The zero-order valence-corrected chi connectivity index (χ0v) is 16.6. The van der Waals surface area contributed by atoms with Crippen molar-refractivity contribution < 1.29 is 27.6 Å². The maximum absolute atomic E-state index is 13.4. The highest BCUT2D eigenvalue weighted by atomic mass is 19.4. The van der Waals surface area contributed by atoms with E-state index >= 15 is 0 Å². The molecule has 164 valence electrons. The highest BCUT2D eigenvalue weighted by Gasteiger charge is 2.38. The second-order valence-electron chi connectivity index (χ2n) is 7.15. The molecule has 2 heterocycles. The van der Waals surface area contributed by atoms with Gasteiger partial charge in [-0.1, -0.05) is 42.5 Å². The smallest absolute Gasteiger partial charge is 0.309 e. The van der Waals surface area contributed by atoms with E-state index in [0.717, 1.165) is 4.90 Å². The molecule has 3 amide bonds. The van der Waals surface area contributed by atoms with Crippen LogP contribution in [0.3, 0.4) is 0 Å². The number of hydrogen-bond donors (Lipinski definition) is 2. The first-order valence-electron chi connectivity index (χ1n) is 9.73. The molecule has 0 spiro atoms. The van der Waals surface area contributed by atoms with Crippen LogP contribution in [0.25, 0.3) is 11.1 Å². The quantitative estimate of drug-likeness (QED) is 0.562. The average molecular weight is 442 g/mol. The van der Waals surface area contributed by atoms with Gasteiger partial charge in [0, 0.05) is 13.0 Å². The molecule has 1 aliphatic rings. The molecule has 2 N–H and O–H groups in total. The Balaban J connectivity index is 1.43. The second kappa shape index (κ2) is 8.29. The lowest BCUT2D eigenvalue weighted by atomic mass is 10.0. The Hall–Kier alpha value is -3.95. The Labute approximate surface area is 180 Å². The SMILES string of the molecule is O=C(CCCN1C(=O)c2ccccc2C1=O)Nc1n[nH]c(C(F)(F)F)c1-c1ccccc1. The van der Waals surface area contributed by atoms with Crippen molar-refractivity contribution in [2.45, 2.75) is 19.0 Å². The molecule has 0 saturated heterocycles. The first-order chi connectivity index (χ1) is 15.3. The summed E-state index contributed by atoms with van der Waals surface area (Å²) in [5.74, 6) is -1.69. The number of rotatable bonds is 6. The van der Waals surface area contributed by atoms with Crippen molar-refractivity contribution in [1.82, 2.24) is 15.1 Å². The number of amides is 3. The van der Waals surface area contributed by atoms with Gasteiger partial charge in [0.15, 0.2) is 5.82 Å². The van der Waals surface area contributed by atoms with Gasteiger partial charge in [-0.3, -0.25) is 24.4 Å². The Bertz CT molecular complexity index is 1150. The first-order valence-corrected chi connectivity index (χ1v) is 9.73. The molecule has 7 nitrogen and oxygen atoms in total. The number of anilines is 1. The minimum Gasteiger partial charge on any atom is -0.309 e. The van der Waals surface area contributed by atoms with Crippen molar-refractivity contribution in [3.05, 3.63) is 71.4 Å². The number of benzene rings is 2. The van der Waals surface area contributed by atoms with E-state index in [0.29, 0.717) is 11.1 Å². The molecule has 10 heteroatoms. The maximum atomic E-state index is 13.4. The number of carbonyl (C=O) groups excluding carboxylic acids is 3. The van der Waals surface area contributed by atoms with Gasteiger partial charge < -0.3 is 5.32 Å². The number of nitrogens with one attached hydrogen (secondary N) is 2. The zero-order chi connectivity index (χ0) is 22.9. The molecule has 4 rings (SSSR count). The van der Waals surface area contributed by atoms with E-state index in [1.165, 1.54) is 12.1 Å². The van der Waals surface area contributed by atoms with E-state index in [4.69, 9.17) is 0 Å². The highest BCUT2D eigenvalue weighted by Crippen LogP contribution is 2.39. The molecule has 3 aromatic rings. The molecule has 0 aliphatic carbocycles. The lowest BCUT2D eigenvalue weighted by Crippen LogP contribution is -2.31. The molecule has 32 heavy (non-hydrogen) atoms. The van der Waals surface area contributed by atoms with Crippen LogP contribution in [-0.2, 0) is 11.0 Å². The summed E-state index contributed by atoms with van der Waals surface area (Å²) in [4.78, 5) is 38.1. The highest BCUT2D eigenvalue weighted by molar-refractivity contribution is 6.21. The number of aromatic amines is 1. The maximum Gasteiger partial charge on any atom is 0.433 e. The molecule has 0 radical (unpaired) electrons. The van der Waals surface area contributed by atoms with Crippen molar-refractivity contribution in [3.8, 4) is 11.1 Å².